The van der Waals surface area contributed by atoms with E-state index in [9.17, 15) is 0 Å². The van der Waals surface area contributed by atoms with Crippen LogP contribution in [0.15, 0.2) is 22.7 Å². The van der Waals surface area contributed by atoms with Gasteiger partial charge < -0.3 is 10.5 Å². The van der Waals surface area contributed by atoms with Gasteiger partial charge in [-0.2, -0.15) is 0 Å². The van der Waals surface area contributed by atoms with E-state index in [-0.39, 0.29) is 6.04 Å². The van der Waals surface area contributed by atoms with Gasteiger partial charge in [0.05, 0.1) is 10.6 Å². The van der Waals surface area contributed by atoms with Crippen LogP contribution in [0.4, 0.5) is 0 Å². The summed E-state index contributed by atoms with van der Waals surface area (Å²) in [5.41, 5.74) is 7.10. The average molecular weight is 340 g/mol. The molecule has 0 aliphatic heterocycles. The maximum absolute atomic E-state index is 6.21. The second-order valence-electron chi connectivity index (χ2n) is 6.60. The van der Waals surface area contributed by atoms with E-state index in [0.29, 0.717) is 6.10 Å². The van der Waals surface area contributed by atoms with Gasteiger partial charge in [0, 0.05) is 6.04 Å². The summed E-state index contributed by atoms with van der Waals surface area (Å²) in [7, 11) is 0. The van der Waals surface area contributed by atoms with Gasteiger partial charge >= 0.3 is 0 Å². The third-order valence-electron chi connectivity index (χ3n) is 3.98. The topological polar surface area (TPSA) is 35.2 Å². The van der Waals surface area contributed by atoms with Crippen molar-refractivity contribution in [2.24, 2.45) is 17.6 Å². The Balaban J connectivity index is 2.02. The largest absolute Gasteiger partial charge is 0.489 e. The fraction of sp³-hybridized carbons (Fsp3) is 0.647. The molecule has 0 amide bonds. The highest BCUT2D eigenvalue weighted by atomic mass is 79.9. The molecule has 3 heteroatoms. The maximum atomic E-state index is 6.21. The van der Waals surface area contributed by atoms with Crippen LogP contribution >= 0.6 is 15.9 Å². The van der Waals surface area contributed by atoms with Gasteiger partial charge in [0.15, 0.2) is 0 Å². The van der Waals surface area contributed by atoms with Crippen molar-refractivity contribution >= 4 is 15.9 Å². The van der Waals surface area contributed by atoms with Crippen molar-refractivity contribution in [1.29, 1.82) is 0 Å². The Morgan fingerprint density at radius 1 is 1.25 bits per heavy atom. The highest BCUT2D eigenvalue weighted by molar-refractivity contribution is 9.10. The number of hydrogen-bond donors (Lipinski definition) is 1. The Morgan fingerprint density at radius 2 is 1.90 bits per heavy atom. The van der Waals surface area contributed by atoms with E-state index in [1.807, 2.05) is 6.92 Å². The van der Waals surface area contributed by atoms with Gasteiger partial charge in [-0.1, -0.05) is 19.9 Å². The summed E-state index contributed by atoms with van der Waals surface area (Å²) >= 11 is 3.63. The molecule has 1 aromatic carbocycles. The Kier molecular flexibility index (Phi) is 5.50. The lowest BCUT2D eigenvalue weighted by atomic mass is 9.82. The van der Waals surface area contributed by atoms with Crippen molar-refractivity contribution in [3.05, 3.63) is 28.2 Å². The standard InChI is InChI=1S/C17H26BrNO/c1-11-6-12(2)8-15(7-11)20-17-5-4-14(9-13(3)19)10-16(17)18/h4-5,10-13,15H,6-9,19H2,1-3H3. The van der Waals surface area contributed by atoms with E-state index >= 15 is 0 Å². The van der Waals surface area contributed by atoms with E-state index in [1.165, 1.54) is 24.8 Å². The third-order valence-corrected chi connectivity index (χ3v) is 4.60. The van der Waals surface area contributed by atoms with Crippen LogP contribution in [0.5, 0.6) is 5.75 Å². The normalized spacial score (nSPS) is 28.1. The summed E-state index contributed by atoms with van der Waals surface area (Å²) in [6, 6.07) is 6.52. The van der Waals surface area contributed by atoms with Gasteiger partial charge in [-0.25, -0.2) is 0 Å². The number of rotatable bonds is 4. The molecule has 1 fully saturated rings. The Morgan fingerprint density at radius 3 is 2.45 bits per heavy atom. The van der Waals surface area contributed by atoms with E-state index in [1.54, 1.807) is 0 Å². The smallest absolute Gasteiger partial charge is 0.133 e. The van der Waals surface area contributed by atoms with Gasteiger partial charge in [-0.05, 0) is 78.1 Å². The Bertz CT molecular complexity index is 437. The quantitative estimate of drug-likeness (QED) is 0.873. The zero-order valence-electron chi connectivity index (χ0n) is 12.7. The zero-order chi connectivity index (χ0) is 14.7. The molecule has 0 heterocycles. The lowest BCUT2D eigenvalue weighted by molar-refractivity contribution is 0.100. The molecule has 0 bridgehead atoms. The SMILES string of the molecule is CC(N)Cc1ccc(OC2CC(C)CC(C)C2)c(Br)c1. The minimum absolute atomic E-state index is 0.189. The van der Waals surface area contributed by atoms with Gasteiger partial charge in [0.1, 0.15) is 5.75 Å². The van der Waals surface area contributed by atoms with Crippen LogP contribution < -0.4 is 10.5 Å². The second-order valence-corrected chi connectivity index (χ2v) is 7.46. The molecule has 20 heavy (non-hydrogen) atoms. The van der Waals surface area contributed by atoms with Gasteiger partial charge in [0.25, 0.3) is 0 Å². The zero-order valence-corrected chi connectivity index (χ0v) is 14.3. The van der Waals surface area contributed by atoms with Crippen molar-refractivity contribution in [2.75, 3.05) is 0 Å². The van der Waals surface area contributed by atoms with Crippen LogP contribution in [-0.4, -0.2) is 12.1 Å². The molecule has 1 aliphatic rings. The summed E-state index contributed by atoms with van der Waals surface area (Å²) in [5, 5.41) is 0. The number of benzene rings is 1. The first-order chi connectivity index (χ1) is 9.44. The van der Waals surface area contributed by atoms with E-state index in [2.05, 4.69) is 48.0 Å². The summed E-state index contributed by atoms with van der Waals surface area (Å²) in [6.07, 6.45) is 4.91. The van der Waals surface area contributed by atoms with Crippen LogP contribution in [-0.2, 0) is 6.42 Å². The summed E-state index contributed by atoms with van der Waals surface area (Å²) in [5.74, 6) is 2.49. The Labute approximate surface area is 131 Å². The molecule has 1 aromatic rings. The number of nitrogens with two attached hydrogens (primary N) is 1. The van der Waals surface area contributed by atoms with Crippen molar-refractivity contribution in [1.82, 2.24) is 0 Å². The Hall–Kier alpha value is -0.540. The molecule has 2 rings (SSSR count). The van der Waals surface area contributed by atoms with Gasteiger partial charge in [-0.15, -0.1) is 0 Å². The summed E-state index contributed by atoms with van der Waals surface area (Å²) in [6.45, 7) is 6.68. The average Bonchev–Trinajstić information content (AvgIpc) is 2.30. The molecule has 0 spiro atoms. The molecule has 3 atom stereocenters. The highest BCUT2D eigenvalue weighted by Gasteiger charge is 2.25. The van der Waals surface area contributed by atoms with Crippen molar-refractivity contribution in [3.63, 3.8) is 0 Å². The summed E-state index contributed by atoms with van der Waals surface area (Å²) in [4.78, 5) is 0. The van der Waals surface area contributed by atoms with E-state index in [0.717, 1.165) is 28.5 Å². The molecule has 2 nitrogen and oxygen atoms in total. The fourth-order valence-corrected chi connectivity index (χ4v) is 3.81. The molecule has 0 saturated heterocycles. The van der Waals surface area contributed by atoms with Gasteiger partial charge in [0.2, 0.25) is 0 Å². The fourth-order valence-electron chi connectivity index (χ4n) is 3.29. The minimum atomic E-state index is 0.189. The van der Waals surface area contributed by atoms with Crippen molar-refractivity contribution in [2.45, 2.75) is 58.6 Å². The molecular weight excluding hydrogens is 314 g/mol. The predicted octanol–water partition coefficient (Wildman–Crippen LogP) is 4.54. The molecule has 1 saturated carbocycles. The molecule has 1 aliphatic carbocycles. The van der Waals surface area contributed by atoms with E-state index in [4.69, 9.17) is 10.5 Å². The van der Waals surface area contributed by atoms with Crippen LogP contribution in [0.25, 0.3) is 0 Å². The monoisotopic (exact) mass is 339 g/mol. The highest BCUT2D eigenvalue weighted by Crippen LogP contribution is 2.34. The molecule has 2 N–H and O–H groups in total. The first-order valence-electron chi connectivity index (χ1n) is 7.64. The van der Waals surface area contributed by atoms with Crippen LogP contribution in [0, 0.1) is 11.8 Å². The minimum Gasteiger partial charge on any atom is -0.489 e. The molecule has 112 valence electrons. The van der Waals surface area contributed by atoms with Crippen LogP contribution in [0.1, 0.15) is 45.6 Å². The number of halogens is 1. The first kappa shape index (κ1) is 15.8. The van der Waals surface area contributed by atoms with Crippen molar-refractivity contribution in [3.8, 4) is 5.75 Å². The van der Waals surface area contributed by atoms with Gasteiger partial charge in [-0.3, -0.25) is 0 Å². The first-order valence-corrected chi connectivity index (χ1v) is 8.44. The van der Waals surface area contributed by atoms with Crippen LogP contribution in [0.2, 0.25) is 0 Å². The maximum Gasteiger partial charge on any atom is 0.133 e. The number of hydrogen-bond acceptors (Lipinski definition) is 2. The number of ether oxygens (including phenoxy) is 1. The summed E-state index contributed by atoms with van der Waals surface area (Å²) < 4.78 is 7.25. The molecule has 3 unspecified atom stereocenters. The molecular formula is C17H26BrNO. The molecule has 0 aromatic heterocycles. The predicted molar refractivity (Wildman–Crippen MR) is 88.1 cm³/mol. The van der Waals surface area contributed by atoms with E-state index < -0.39 is 0 Å². The third kappa shape index (κ3) is 4.49. The van der Waals surface area contributed by atoms with Crippen LogP contribution in [0.3, 0.4) is 0 Å². The lowest BCUT2D eigenvalue weighted by Gasteiger charge is -2.32. The molecule has 0 radical (unpaired) electrons. The second kappa shape index (κ2) is 6.95. The lowest BCUT2D eigenvalue weighted by Crippen LogP contribution is -2.28. The van der Waals surface area contributed by atoms with Crippen molar-refractivity contribution < 1.29 is 4.74 Å².